The first-order chi connectivity index (χ1) is 16.1. The summed E-state index contributed by atoms with van der Waals surface area (Å²) in [6.07, 6.45) is 0. The van der Waals surface area contributed by atoms with Gasteiger partial charge in [-0.1, -0.05) is 140 Å². The molecule has 0 spiro atoms. The molecule has 0 aliphatic rings. The van der Waals surface area contributed by atoms with Crippen LogP contribution in [-0.2, 0) is 16.4 Å². The van der Waals surface area contributed by atoms with E-state index >= 15 is 0 Å². The first-order valence-corrected chi connectivity index (χ1v) is 13.6. The average molecular weight is 536 g/mol. The highest BCUT2D eigenvalue weighted by Crippen LogP contribution is 2.44. The Morgan fingerprint density at radius 1 is 0.571 bits per heavy atom. The third-order valence-corrected chi connectivity index (χ3v) is 7.83. The number of hydrogen-bond donors (Lipinski definition) is 1. The van der Waals surface area contributed by atoms with Crippen molar-refractivity contribution in [2.75, 3.05) is 0 Å². The zero-order valence-corrected chi connectivity index (χ0v) is 24.8. The highest BCUT2D eigenvalue weighted by molar-refractivity contribution is 9.10. The fraction of sp³-hybridized carbons (Fsp3) is 0.455. The van der Waals surface area contributed by atoms with Crippen LogP contribution < -0.4 is 0 Å². The maximum Gasteiger partial charge on any atom is 0.140 e. The van der Waals surface area contributed by atoms with E-state index in [1.54, 1.807) is 0 Å². The van der Waals surface area contributed by atoms with E-state index in [1.165, 1.54) is 22.3 Å². The second kappa shape index (κ2) is 9.87. The van der Waals surface area contributed by atoms with Gasteiger partial charge in [-0.15, -0.1) is 0 Å². The minimum absolute atomic E-state index is 0.0516. The van der Waals surface area contributed by atoms with E-state index in [-0.39, 0.29) is 16.7 Å². The highest BCUT2D eigenvalue weighted by atomic mass is 79.9. The second-order valence-corrected chi connectivity index (χ2v) is 13.5. The Kier molecular flexibility index (Phi) is 7.80. The van der Waals surface area contributed by atoms with Gasteiger partial charge < -0.3 is 5.11 Å². The fourth-order valence-electron chi connectivity index (χ4n) is 4.74. The van der Waals surface area contributed by atoms with E-state index < -0.39 is 5.60 Å². The van der Waals surface area contributed by atoms with Gasteiger partial charge in [-0.05, 0) is 67.7 Å². The van der Waals surface area contributed by atoms with Crippen molar-refractivity contribution in [1.82, 2.24) is 0 Å². The van der Waals surface area contributed by atoms with Crippen molar-refractivity contribution in [3.63, 3.8) is 0 Å². The molecule has 0 saturated carbocycles. The maximum absolute atomic E-state index is 12.8. The maximum atomic E-state index is 12.8. The summed E-state index contributed by atoms with van der Waals surface area (Å²) in [7, 11) is 0. The van der Waals surface area contributed by atoms with Crippen LogP contribution in [0.25, 0.3) is 0 Å². The normalized spacial score (nSPS) is 13.1. The lowest BCUT2D eigenvalue weighted by Gasteiger charge is -2.35. The van der Waals surface area contributed by atoms with Crippen LogP contribution in [0.5, 0.6) is 0 Å². The van der Waals surface area contributed by atoms with Crippen LogP contribution in [0.3, 0.4) is 0 Å². The van der Waals surface area contributed by atoms with Gasteiger partial charge in [0.15, 0.2) is 0 Å². The van der Waals surface area contributed by atoms with E-state index in [1.807, 2.05) is 0 Å². The Morgan fingerprint density at radius 3 is 1.23 bits per heavy atom. The molecule has 0 fully saturated rings. The van der Waals surface area contributed by atoms with Crippen molar-refractivity contribution in [3.05, 3.63) is 104 Å². The number of halogens is 1. The van der Waals surface area contributed by atoms with Gasteiger partial charge in [-0.25, -0.2) is 0 Å². The Bertz CT molecular complexity index is 1100. The average Bonchev–Trinajstić information content (AvgIpc) is 2.77. The van der Waals surface area contributed by atoms with Crippen LogP contribution in [0.4, 0.5) is 0 Å². The molecule has 188 valence electrons. The molecular weight excluding hydrogens is 492 g/mol. The van der Waals surface area contributed by atoms with E-state index in [4.69, 9.17) is 0 Å². The lowest BCUT2D eigenvalue weighted by molar-refractivity contribution is 0.124. The van der Waals surface area contributed by atoms with Crippen LogP contribution >= 0.6 is 15.9 Å². The summed E-state index contributed by atoms with van der Waals surface area (Å²) in [6, 6.07) is 21.5. The van der Waals surface area contributed by atoms with E-state index in [0.717, 1.165) is 21.2 Å². The van der Waals surface area contributed by atoms with E-state index in [0.29, 0.717) is 5.92 Å². The molecule has 0 amide bonds. The predicted molar refractivity (Wildman–Crippen MR) is 155 cm³/mol. The third-order valence-electron chi connectivity index (χ3n) is 7.14. The molecule has 0 radical (unpaired) electrons. The molecule has 0 aromatic heterocycles. The Hall–Kier alpha value is -1.90. The smallest absolute Gasteiger partial charge is 0.140 e. The fourth-order valence-corrected chi connectivity index (χ4v) is 5.54. The first kappa shape index (κ1) is 27.7. The van der Waals surface area contributed by atoms with Crippen LogP contribution in [-0.4, -0.2) is 5.11 Å². The second-order valence-electron chi connectivity index (χ2n) is 12.6. The molecule has 0 aliphatic heterocycles. The topological polar surface area (TPSA) is 20.2 Å². The molecule has 0 aliphatic carbocycles. The minimum Gasteiger partial charge on any atom is -0.376 e. The van der Waals surface area contributed by atoms with Crippen LogP contribution in [0.2, 0.25) is 0 Å². The van der Waals surface area contributed by atoms with Crippen LogP contribution in [0.1, 0.15) is 120 Å². The molecule has 3 rings (SSSR count). The number of rotatable bonds is 5. The molecule has 0 atom stereocenters. The van der Waals surface area contributed by atoms with Crippen LogP contribution in [0, 0.1) is 0 Å². The number of aliphatic hydroxyl groups is 1. The van der Waals surface area contributed by atoms with Gasteiger partial charge in [0.05, 0.1) is 0 Å². The Labute approximate surface area is 222 Å². The quantitative estimate of drug-likeness (QED) is 0.323. The zero-order chi connectivity index (χ0) is 26.3. The van der Waals surface area contributed by atoms with Crippen molar-refractivity contribution in [2.45, 2.75) is 97.5 Å². The summed E-state index contributed by atoms with van der Waals surface area (Å²) in [5, 5.41) is 12.8. The van der Waals surface area contributed by atoms with E-state index in [9.17, 15) is 5.11 Å². The minimum atomic E-state index is -1.27. The monoisotopic (exact) mass is 534 g/mol. The van der Waals surface area contributed by atoms with Crippen molar-refractivity contribution < 1.29 is 5.11 Å². The third kappa shape index (κ3) is 5.59. The number of hydrogen-bond acceptors (Lipinski definition) is 1. The molecule has 35 heavy (non-hydrogen) atoms. The van der Waals surface area contributed by atoms with Crippen molar-refractivity contribution >= 4 is 15.9 Å². The molecule has 3 aromatic rings. The van der Waals surface area contributed by atoms with Gasteiger partial charge in [0.2, 0.25) is 0 Å². The molecule has 3 aromatic carbocycles. The van der Waals surface area contributed by atoms with Gasteiger partial charge in [-0.3, -0.25) is 0 Å². The molecular formula is C33H43BrO. The van der Waals surface area contributed by atoms with Gasteiger partial charge >= 0.3 is 0 Å². The molecule has 0 saturated heterocycles. The van der Waals surface area contributed by atoms with Crippen molar-refractivity contribution in [3.8, 4) is 0 Å². The summed E-state index contributed by atoms with van der Waals surface area (Å²) in [4.78, 5) is 0. The van der Waals surface area contributed by atoms with Crippen molar-refractivity contribution in [1.29, 1.82) is 0 Å². The predicted octanol–water partition coefficient (Wildman–Crippen LogP) is 9.58. The highest BCUT2D eigenvalue weighted by Gasteiger charge is 2.37. The summed E-state index contributed by atoms with van der Waals surface area (Å²) in [6.45, 7) is 22.2. The van der Waals surface area contributed by atoms with Gasteiger partial charge in [0.25, 0.3) is 0 Å². The summed E-state index contributed by atoms with van der Waals surface area (Å²) in [5.74, 6) is 0.658. The summed E-state index contributed by atoms with van der Waals surface area (Å²) in [5.41, 5.74) is 6.51. The lowest BCUT2D eigenvalue weighted by Crippen LogP contribution is -2.31. The standard InChI is InChI=1S/C33H43BrO/c1-21(2)27-19-28(22(3)4)30(34)20-29(27)33(35,25-15-11-23(12-16-25)31(5,6)7)26-17-13-24(14-18-26)32(8,9)10/h11-22,35H,1-10H3. The molecule has 2 heteroatoms. The summed E-state index contributed by atoms with van der Waals surface area (Å²) >= 11 is 3.83. The van der Waals surface area contributed by atoms with Crippen LogP contribution in [0.15, 0.2) is 65.1 Å². The molecule has 1 nitrogen and oxygen atoms in total. The SMILES string of the molecule is CC(C)c1cc(C(C)C)c(C(O)(c2ccc(C(C)(C)C)cc2)c2ccc(C(C)(C)C)cc2)cc1Br. The zero-order valence-electron chi connectivity index (χ0n) is 23.3. The van der Waals surface area contributed by atoms with Gasteiger partial charge in [-0.2, -0.15) is 0 Å². The number of benzene rings is 3. The first-order valence-electron chi connectivity index (χ1n) is 12.8. The molecule has 0 bridgehead atoms. The van der Waals surface area contributed by atoms with Crippen molar-refractivity contribution in [2.24, 2.45) is 0 Å². The molecule has 0 heterocycles. The largest absolute Gasteiger partial charge is 0.376 e. The van der Waals surface area contributed by atoms with Gasteiger partial charge in [0, 0.05) is 4.47 Å². The Morgan fingerprint density at radius 2 is 0.914 bits per heavy atom. The summed E-state index contributed by atoms with van der Waals surface area (Å²) < 4.78 is 1.04. The van der Waals surface area contributed by atoms with E-state index in [2.05, 4.69) is 146 Å². The lowest BCUT2D eigenvalue weighted by atomic mass is 9.74. The molecule has 0 unspecified atom stereocenters. The Balaban J connectivity index is 2.34. The van der Waals surface area contributed by atoms with Gasteiger partial charge in [0.1, 0.15) is 5.60 Å². The molecule has 1 N–H and O–H groups in total.